The molecule has 28 heavy (non-hydrogen) atoms. The Labute approximate surface area is 160 Å². The maximum Gasteiger partial charge on any atom is 0.322 e. The molecule has 1 N–H and O–H groups in total. The summed E-state index contributed by atoms with van der Waals surface area (Å²) in [6.07, 6.45) is 2.10. The largest absolute Gasteiger partial charge is 0.356 e. The van der Waals surface area contributed by atoms with Crippen molar-refractivity contribution in [2.75, 3.05) is 5.32 Å². The van der Waals surface area contributed by atoms with Crippen molar-refractivity contribution < 1.29 is 18.1 Å². The maximum absolute atomic E-state index is 14.2. The number of benzene rings is 1. The van der Waals surface area contributed by atoms with E-state index in [1.807, 2.05) is 13.8 Å². The molecule has 2 aromatic heterocycles. The number of nitrogens with zero attached hydrogens (tertiary/aromatic N) is 3. The molecule has 2 amide bonds. The highest BCUT2D eigenvalue weighted by Crippen LogP contribution is 2.34. The van der Waals surface area contributed by atoms with Gasteiger partial charge in [0.2, 0.25) is 0 Å². The molecule has 0 spiro atoms. The van der Waals surface area contributed by atoms with Crippen molar-refractivity contribution in [2.24, 2.45) is 0 Å². The van der Waals surface area contributed by atoms with Crippen molar-refractivity contribution in [3.05, 3.63) is 65.1 Å². The Bertz CT molecular complexity index is 1050. The summed E-state index contributed by atoms with van der Waals surface area (Å²) in [5, 5.41) is 6.89. The summed E-state index contributed by atoms with van der Waals surface area (Å²) < 4.78 is 32.8. The summed E-state index contributed by atoms with van der Waals surface area (Å²) in [5.41, 5.74) is 2.86. The Morgan fingerprint density at radius 2 is 2.11 bits per heavy atom. The van der Waals surface area contributed by atoms with Crippen molar-refractivity contribution in [1.29, 1.82) is 0 Å². The van der Waals surface area contributed by atoms with Crippen molar-refractivity contribution in [3.8, 4) is 11.3 Å². The van der Waals surface area contributed by atoms with Crippen molar-refractivity contribution in [1.82, 2.24) is 15.0 Å². The molecule has 0 aliphatic carbocycles. The van der Waals surface area contributed by atoms with Crippen LogP contribution in [-0.2, 0) is 13.0 Å². The molecule has 0 fully saturated rings. The van der Waals surface area contributed by atoms with Gasteiger partial charge in [-0.3, -0.25) is 4.98 Å². The average molecular weight is 384 g/mol. The topological polar surface area (TPSA) is 71.3 Å². The fraction of sp³-hybridized carbons (Fsp3) is 0.250. The summed E-state index contributed by atoms with van der Waals surface area (Å²) in [6.45, 7) is 3.96. The number of aromatic nitrogens is 2. The highest BCUT2D eigenvalue weighted by Gasteiger charge is 2.32. The van der Waals surface area contributed by atoms with E-state index in [1.165, 1.54) is 6.07 Å². The van der Waals surface area contributed by atoms with Gasteiger partial charge in [0.25, 0.3) is 0 Å². The lowest BCUT2D eigenvalue weighted by atomic mass is 9.97. The molecular weight excluding hydrogens is 366 g/mol. The minimum absolute atomic E-state index is 0.119. The van der Waals surface area contributed by atoms with Gasteiger partial charge in [-0.05, 0) is 38.1 Å². The second kappa shape index (κ2) is 7.03. The van der Waals surface area contributed by atoms with Gasteiger partial charge in [0.15, 0.2) is 5.76 Å². The second-order valence-electron chi connectivity index (χ2n) is 6.86. The summed E-state index contributed by atoms with van der Waals surface area (Å²) in [6, 6.07) is 6.36. The van der Waals surface area contributed by atoms with E-state index in [-0.39, 0.29) is 29.9 Å². The lowest BCUT2D eigenvalue weighted by Crippen LogP contribution is -2.44. The average Bonchev–Trinajstić information content (AvgIpc) is 3.03. The number of hydrogen-bond acceptors (Lipinski definition) is 4. The molecule has 1 aliphatic rings. The van der Waals surface area contributed by atoms with Gasteiger partial charge in [-0.1, -0.05) is 5.16 Å². The van der Waals surface area contributed by atoms with Gasteiger partial charge in [-0.2, -0.15) is 0 Å². The number of carbonyl (C=O) groups is 1. The predicted molar refractivity (Wildman–Crippen MR) is 98.6 cm³/mol. The lowest BCUT2D eigenvalue weighted by Gasteiger charge is -2.32. The van der Waals surface area contributed by atoms with Crippen LogP contribution < -0.4 is 5.32 Å². The molecular formula is C20H18F2N4O2. The number of nitrogens with one attached hydrogen (secondary N) is 1. The number of fused-ring (bicyclic) bond motifs is 1. The first-order chi connectivity index (χ1) is 13.4. The number of carbonyl (C=O) groups excluding carboxylic acids is 1. The van der Waals surface area contributed by atoms with Crippen LogP contribution in [-0.4, -0.2) is 27.1 Å². The molecule has 3 heterocycles. The number of urea groups is 1. The third kappa shape index (κ3) is 3.33. The Balaban J connectivity index is 1.62. The first kappa shape index (κ1) is 18.1. The van der Waals surface area contributed by atoms with E-state index < -0.39 is 11.6 Å². The zero-order valence-corrected chi connectivity index (χ0v) is 15.4. The standard InChI is InChI=1S/C20H18F2N4O2/c1-11-7-14(5-6-23-11)24-20(27)26-10-16-18(8-12(26)2)25-28-19(16)15-4-3-13(21)9-17(15)22/h3-7,9,12H,8,10H2,1-2H3,(H,23,24,27)/t12-/m0/s1. The summed E-state index contributed by atoms with van der Waals surface area (Å²) in [4.78, 5) is 18.5. The van der Waals surface area contributed by atoms with Crippen LogP contribution in [0, 0.1) is 18.6 Å². The molecule has 0 unspecified atom stereocenters. The van der Waals surface area contributed by atoms with Crippen LogP contribution in [0.25, 0.3) is 11.3 Å². The van der Waals surface area contributed by atoms with Gasteiger partial charge in [-0.25, -0.2) is 13.6 Å². The van der Waals surface area contributed by atoms with Gasteiger partial charge in [0.05, 0.1) is 17.8 Å². The Morgan fingerprint density at radius 3 is 2.86 bits per heavy atom. The molecule has 0 saturated heterocycles. The number of anilines is 1. The van der Waals surface area contributed by atoms with Crippen molar-refractivity contribution >= 4 is 11.7 Å². The fourth-order valence-electron chi connectivity index (χ4n) is 3.36. The van der Waals surface area contributed by atoms with E-state index in [0.717, 1.165) is 17.8 Å². The minimum Gasteiger partial charge on any atom is -0.356 e. The number of amides is 2. The minimum atomic E-state index is -0.735. The van der Waals surface area contributed by atoms with E-state index in [2.05, 4.69) is 15.5 Å². The third-order valence-electron chi connectivity index (χ3n) is 4.80. The van der Waals surface area contributed by atoms with Gasteiger partial charge < -0.3 is 14.7 Å². The number of aryl methyl sites for hydroxylation is 1. The first-order valence-corrected chi connectivity index (χ1v) is 8.85. The summed E-state index contributed by atoms with van der Waals surface area (Å²) >= 11 is 0. The van der Waals surface area contributed by atoms with Crippen molar-refractivity contribution in [2.45, 2.75) is 32.9 Å². The van der Waals surface area contributed by atoms with Crippen LogP contribution in [0.3, 0.4) is 0 Å². The summed E-state index contributed by atoms with van der Waals surface area (Å²) in [7, 11) is 0. The third-order valence-corrected chi connectivity index (χ3v) is 4.80. The SMILES string of the molecule is Cc1cc(NC(=O)N2Cc3c(noc3-c3ccc(F)cc3F)C[C@@H]2C)ccn1. The van der Waals surface area contributed by atoms with Crippen LogP contribution in [0.1, 0.15) is 23.9 Å². The zero-order chi connectivity index (χ0) is 19.8. The molecule has 6 nitrogen and oxygen atoms in total. The molecule has 0 bridgehead atoms. The zero-order valence-electron chi connectivity index (χ0n) is 15.4. The van der Waals surface area contributed by atoms with Crippen LogP contribution in [0.5, 0.6) is 0 Å². The number of hydrogen-bond donors (Lipinski definition) is 1. The Hall–Kier alpha value is -3.29. The molecule has 0 saturated carbocycles. The monoisotopic (exact) mass is 384 g/mol. The second-order valence-corrected chi connectivity index (χ2v) is 6.86. The van der Waals surface area contributed by atoms with E-state index >= 15 is 0 Å². The van der Waals surface area contributed by atoms with Crippen LogP contribution in [0.15, 0.2) is 41.1 Å². The number of rotatable bonds is 2. The van der Waals surface area contributed by atoms with Gasteiger partial charge in [-0.15, -0.1) is 0 Å². The van der Waals surface area contributed by atoms with E-state index in [1.54, 1.807) is 23.2 Å². The van der Waals surface area contributed by atoms with Gasteiger partial charge >= 0.3 is 6.03 Å². The highest BCUT2D eigenvalue weighted by atomic mass is 19.1. The van der Waals surface area contributed by atoms with E-state index in [9.17, 15) is 13.6 Å². The molecule has 4 rings (SSSR count). The summed E-state index contributed by atoms with van der Waals surface area (Å²) in [5.74, 6) is -1.19. The predicted octanol–water partition coefficient (Wildman–Crippen LogP) is 4.30. The molecule has 3 aromatic rings. The highest BCUT2D eigenvalue weighted by molar-refractivity contribution is 5.89. The maximum atomic E-state index is 14.2. The molecule has 0 radical (unpaired) electrons. The Morgan fingerprint density at radius 1 is 1.29 bits per heavy atom. The van der Waals surface area contributed by atoms with E-state index in [0.29, 0.717) is 23.4 Å². The number of halogens is 2. The van der Waals surface area contributed by atoms with Crippen molar-refractivity contribution in [3.63, 3.8) is 0 Å². The van der Waals surface area contributed by atoms with Crippen LogP contribution in [0.4, 0.5) is 19.3 Å². The van der Waals surface area contributed by atoms with Crippen LogP contribution >= 0.6 is 0 Å². The first-order valence-electron chi connectivity index (χ1n) is 8.85. The normalized spacial score (nSPS) is 16.0. The molecule has 1 atom stereocenters. The molecule has 144 valence electrons. The fourth-order valence-corrected chi connectivity index (χ4v) is 3.36. The molecule has 1 aliphatic heterocycles. The lowest BCUT2D eigenvalue weighted by molar-refractivity contribution is 0.182. The smallest absolute Gasteiger partial charge is 0.322 e. The quantitative estimate of drug-likeness (QED) is 0.715. The van der Waals surface area contributed by atoms with Gasteiger partial charge in [0.1, 0.15) is 11.6 Å². The van der Waals surface area contributed by atoms with Crippen LogP contribution in [0.2, 0.25) is 0 Å². The Kier molecular flexibility index (Phi) is 4.54. The molecule has 1 aromatic carbocycles. The van der Waals surface area contributed by atoms with Gasteiger partial charge in [0, 0.05) is 41.7 Å². The molecule has 8 heteroatoms. The van der Waals surface area contributed by atoms with E-state index in [4.69, 9.17) is 4.52 Å². The number of pyridine rings is 1.